The van der Waals surface area contributed by atoms with Gasteiger partial charge in [0.2, 0.25) is 0 Å². The van der Waals surface area contributed by atoms with Gasteiger partial charge in [-0.25, -0.2) is 0 Å². The van der Waals surface area contributed by atoms with E-state index in [0.29, 0.717) is 0 Å². The van der Waals surface area contributed by atoms with E-state index >= 15 is 0 Å². The number of rotatable bonds is 4. The molecule has 1 aliphatic rings. The van der Waals surface area contributed by atoms with Gasteiger partial charge in [-0.05, 0) is 78.9 Å². The third-order valence-corrected chi connectivity index (χ3v) is 5.95. The van der Waals surface area contributed by atoms with E-state index in [9.17, 15) is 0 Å². The summed E-state index contributed by atoms with van der Waals surface area (Å²) < 4.78 is 6.36. The van der Waals surface area contributed by atoms with Gasteiger partial charge in [0, 0.05) is 11.1 Å². The third-order valence-electron chi connectivity index (χ3n) is 5.87. The van der Waals surface area contributed by atoms with Crippen molar-refractivity contribution in [2.45, 2.75) is 25.8 Å². The minimum Gasteiger partial charge on any atom is -0.454 e. The van der Waals surface area contributed by atoms with Gasteiger partial charge in [0.25, 0.3) is 0 Å². The molecule has 4 aromatic rings. The molecule has 3 heteroatoms. The molecule has 0 saturated carbocycles. The van der Waals surface area contributed by atoms with Gasteiger partial charge < -0.3 is 4.74 Å². The Kier molecular flexibility index (Phi) is 5.85. The van der Waals surface area contributed by atoms with Crippen molar-refractivity contribution in [1.82, 2.24) is 0 Å². The summed E-state index contributed by atoms with van der Waals surface area (Å²) in [4.78, 5) is 4.09. The Morgan fingerprint density at radius 3 is 1.79 bits per heavy atom. The molecule has 0 atom stereocenters. The highest BCUT2D eigenvalue weighted by molar-refractivity contribution is 6.26. The minimum atomic E-state index is -0.747. The smallest absolute Gasteiger partial charge is 0.156 e. The molecule has 0 bridgehead atoms. The predicted octanol–water partition coefficient (Wildman–Crippen LogP) is 8.61. The number of fused-ring (bicyclic) bond motifs is 1. The normalized spacial score (nSPS) is 15.7. The summed E-state index contributed by atoms with van der Waals surface area (Å²) in [7, 11) is 0. The van der Waals surface area contributed by atoms with E-state index in [4.69, 9.17) is 21.3 Å². The Labute approximate surface area is 206 Å². The molecule has 0 unspecified atom stereocenters. The first kappa shape index (κ1) is 22.2. The Hall–Kier alpha value is -3.62. The number of benzene rings is 4. The van der Waals surface area contributed by atoms with Crippen molar-refractivity contribution in [2.75, 3.05) is 0 Å². The van der Waals surface area contributed by atoms with Crippen LogP contribution in [-0.4, -0.2) is 10.7 Å². The van der Waals surface area contributed by atoms with Crippen LogP contribution in [0.4, 0.5) is 0 Å². The average Bonchev–Trinajstić information content (AvgIpc) is 3.21. The van der Waals surface area contributed by atoms with Crippen molar-refractivity contribution in [3.8, 4) is 28.0 Å². The van der Waals surface area contributed by atoms with Gasteiger partial charge in [0.15, 0.2) is 5.76 Å². The number of nitrogens with zero attached hydrogens (tertiary/aromatic N) is 1. The molecule has 5 rings (SSSR count). The van der Waals surface area contributed by atoms with Crippen LogP contribution in [0.1, 0.15) is 31.9 Å². The molecule has 0 saturated heterocycles. The quantitative estimate of drug-likeness (QED) is 0.219. The van der Waals surface area contributed by atoms with E-state index in [1.807, 2.05) is 50.2 Å². The number of hydrogen-bond donors (Lipinski definition) is 0. The summed E-state index contributed by atoms with van der Waals surface area (Å²) in [5.74, 6) is 1.55. The number of ether oxygens (including phenoxy) is 1. The Morgan fingerprint density at radius 1 is 0.706 bits per heavy atom. The number of halogens is 1. The average molecular weight is 464 g/mol. The summed E-state index contributed by atoms with van der Waals surface area (Å²) >= 11 is 6.54. The minimum absolute atomic E-state index is 0.747. The fraction of sp³-hybridized carbons (Fsp3) is 0.129. The molecule has 4 aromatic carbocycles. The Bertz CT molecular complexity index is 1340. The molecule has 0 aliphatic carbocycles. The van der Waals surface area contributed by atoms with Crippen molar-refractivity contribution in [3.05, 3.63) is 120 Å². The lowest BCUT2D eigenvalue weighted by atomic mass is 9.92. The largest absolute Gasteiger partial charge is 0.454 e. The second kappa shape index (κ2) is 8.96. The van der Waals surface area contributed by atoms with Crippen LogP contribution in [-0.2, 0) is 0 Å². The van der Waals surface area contributed by atoms with E-state index in [1.165, 1.54) is 11.1 Å². The van der Waals surface area contributed by atoms with Crippen LogP contribution < -0.4 is 4.74 Å². The maximum absolute atomic E-state index is 6.54. The van der Waals surface area contributed by atoms with Crippen LogP contribution in [0, 0.1) is 0 Å². The third kappa shape index (κ3) is 4.55. The summed E-state index contributed by atoms with van der Waals surface area (Å²) in [6, 6.07) is 35.6. The lowest BCUT2D eigenvalue weighted by molar-refractivity contribution is 0.470. The molecule has 168 valence electrons. The molecule has 34 heavy (non-hydrogen) atoms. The van der Waals surface area contributed by atoms with Crippen LogP contribution in [0.5, 0.6) is 5.75 Å². The van der Waals surface area contributed by atoms with E-state index in [2.05, 4.69) is 73.7 Å². The lowest BCUT2D eigenvalue weighted by Crippen LogP contribution is -2.13. The van der Waals surface area contributed by atoms with Crippen molar-refractivity contribution < 1.29 is 4.74 Å². The lowest BCUT2D eigenvalue weighted by Gasteiger charge is -2.15. The number of para-hydroxylation sites is 1. The Balaban J connectivity index is 1.72. The zero-order chi connectivity index (χ0) is 23.7. The van der Waals surface area contributed by atoms with Crippen LogP contribution in [0.3, 0.4) is 0 Å². The zero-order valence-electron chi connectivity index (χ0n) is 19.5. The van der Waals surface area contributed by atoms with Gasteiger partial charge in [0.1, 0.15) is 16.5 Å². The first-order chi connectivity index (χ1) is 16.4. The summed E-state index contributed by atoms with van der Waals surface area (Å²) in [5, 5.41) is 0. The van der Waals surface area contributed by atoms with Crippen LogP contribution in [0.25, 0.3) is 27.8 Å². The highest BCUT2D eigenvalue weighted by Gasteiger charge is 2.29. The van der Waals surface area contributed by atoms with Crippen molar-refractivity contribution in [2.24, 2.45) is 4.99 Å². The Morgan fingerprint density at radius 2 is 1.24 bits per heavy atom. The van der Waals surface area contributed by atoms with Gasteiger partial charge >= 0.3 is 0 Å². The molecule has 0 fully saturated rings. The molecule has 1 heterocycles. The van der Waals surface area contributed by atoms with Crippen molar-refractivity contribution >= 4 is 22.9 Å². The first-order valence-electron chi connectivity index (χ1n) is 11.4. The monoisotopic (exact) mass is 463 g/mol. The molecule has 0 N–H and O–H groups in total. The standard InChI is InChI=1S/C31H26ClNO/c1-21(30-29(33-31(2,3)32)27-16-10-11-17-28(27)34-30)24-18-25(22-12-6-4-7-13-22)20-26(19-24)23-14-8-5-9-15-23/h4-20H,1-3H3/b30-21-,33-29?. The zero-order valence-corrected chi connectivity index (χ0v) is 20.3. The van der Waals surface area contributed by atoms with Crippen LogP contribution in [0.2, 0.25) is 0 Å². The van der Waals surface area contributed by atoms with Gasteiger partial charge in [-0.3, -0.25) is 4.99 Å². The van der Waals surface area contributed by atoms with Gasteiger partial charge in [-0.1, -0.05) is 84.4 Å². The van der Waals surface area contributed by atoms with Crippen LogP contribution >= 0.6 is 11.6 Å². The van der Waals surface area contributed by atoms with E-state index < -0.39 is 5.00 Å². The molecule has 2 nitrogen and oxygen atoms in total. The number of hydrogen-bond acceptors (Lipinski definition) is 2. The number of aliphatic imine (C=N–C) groups is 1. The van der Waals surface area contributed by atoms with Crippen molar-refractivity contribution in [1.29, 1.82) is 0 Å². The molecule has 0 radical (unpaired) electrons. The summed E-state index contributed by atoms with van der Waals surface area (Å²) in [6.45, 7) is 5.87. The van der Waals surface area contributed by atoms with E-state index in [-0.39, 0.29) is 0 Å². The number of allylic oxidation sites excluding steroid dienone is 2. The fourth-order valence-electron chi connectivity index (χ4n) is 4.23. The molecule has 1 aliphatic heterocycles. The first-order valence-corrected chi connectivity index (χ1v) is 11.8. The summed E-state index contributed by atoms with van der Waals surface area (Å²) in [6.07, 6.45) is 0. The van der Waals surface area contributed by atoms with Gasteiger partial charge in [-0.2, -0.15) is 0 Å². The predicted molar refractivity (Wildman–Crippen MR) is 143 cm³/mol. The fourth-order valence-corrected chi connectivity index (χ4v) is 4.32. The number of alkyl halides is 1. The highest BCUT2D eigenvalue weighted by Crippen LogP contribution is 2.38. The SMILES string of the molecule is C/C(=C1/Oc2ccccc2C1=NC(C)(C)Cl)c1cc(-c2ccccc2)cc(-c2ccccc2)c1. The van der Waals surface area contributed by atoms with Crippen LogP contribution in [0.15, 0.2) is 114 Å². The molecule has 0 aromatic heterocycles. The second-order valence-electron chi connectivity index (χ2n) is 8.95. The highest BCUT2D eigenvalue weighted by atomic mass is 35.5. The van der Waals surface area contributed by atoms with E-state index in [1.54, 1.807) is 0 Å². The second-order valence-corrected chi connectivity index (χ2v) is 9.88. The molecule has 0 spiro atoms. The maximum Gasteiger partial charge on any atom is 0.156 e. The van der Waals surface area contributed by atoms with Gasteiger partial charge in [0.05, 0.1) is 0 Å². The molecular formula is C31H26ClNO. The van der Waals surface area contributed by atoms with E-state index in [0.717, 1.165) is 45.0 Å². The summed E-state index contributed by atoms with van der Waals surface area (Å²) in [5.41, 5.74) is 8.52. The maximum atomic E-state index is 6.54. The molecule has 0 amide bonds. The topological polar surface area (TPSA) is 21.6 Å². The molecular weight excluding hydrogens is 438 g/mol. The van der Waals surface area contributed by atoms with Gasteiger partial charge in [-0.15, -0.1) is 0 Å². The van der Waals surface area contributed by atoms with Crippen molar-refractivity contribution in [3.63, 3.8) is 0 Å².